The zero-order chi connectivity index (χ0) is 17.4. The number of carbonyl (C=O) groups excluding carboxylic acids is 1. The van der Waals surface area contributed by atoms with Gasteiger partial charge >= 0.3 is 5.97 Å². The fraction of sp³-hybridized carbons (Fsp3) is 0.467. The molecule has 1 saturated heterocycles. The van der Waals surface area contributed by atoms with Crippen molar-refractivity contribution in [2.24, 2.45) is 0 Å². The Morgan fingerprint density at radius 3 is 2.88 bits per heavy atom. The van der Waals surface area contributed by atoms with Gasteiger partial charge in [-0.25, -0.2) is 14.3 Å². The molecule has 1 aliphatic heterocycles. The Morgan fingerprint density at radius 1 is 1.50 bits per heavy atom. The van der Waals surface area contributed by atoms with Gasteiger partial charge in [0.15, 0.2) is 10.8 Å². The van der Waals surface area contributed by atoms with Crippen LogP contribution in [0, 0.1) is 0 Å². The fourth-order valence-corrected chi connectivity index (χ4v) is 3.13. The van der Waals surface area contributed by atoms with E-state index in [0.717, 1.165) is 0 Å². The van der Waals surface area contributed by atoms with Crippen LogP contribution in [0.3, 0.4) is 0 Å². The van der Waals surface area contributed by atoms with Crippen molar-refractivity contribution in [3.05, 3.63) is 28.7 Å². The second-order valence-electron chi connectivity index (χ2n) is 5.75. The highest BCUT2D eigenvalue weighted by Crippen LogP contribution is 2.27. The molecule has 1 N–H and O–H groups in total. The predicted octanol–water partition coefficient (Wildman–Crippen LogP) is 1.78. The van der Waals surface area contributed by atoms with Crippen molar-refractivity contribution in [1.29, 1.82) is 0 Å². The standard InChI is InChI=1S/C15H17ClN4O4/c1-8(24-10-3-4-19(7-10)9(2)21)14-11(15(22)23)6-17-13-5-12(16)18-20(13)14/h5-6,8,10H,3-4,7H2,1-2H3,(H,22,23)/t8-,10?/m0/s1. The lowest BCUT2D eigenvalue weighted by molar-refractivity contribution is -0.128. The summed E-state index contributed by atoms with van der Waals surface area (Å²) in [6, 6.07) is 1.55. The minimum absolute atomic E-state index is 0.00476. The third-order valence-corrected chi connectivity index (χ3v) is 4.28. The number of hydrogen-bond acceptors (Lipinski definition) is 5. The number of aromatic carboxylic acids is 1. The number of carboxylic acid groups (broad SMARTS) is 1. The average Bonchev–Trinajstić information content (AvgIpc) is 3.11. The van der Waals surface area contributed by atoms with Gasteiger partial charge in [0.1, 0.15) is 5.56 Å². The second kappa shape index (κ2) is 6.37. The summed E-state index contributed by atoms with van der Waals surface area (Å²) >= 11 is 5.91. The van der Waals surface area contributed by atoms with E-state index in [2.05, 4.69) is 10.1 Å². The van der Waals surface area contributed by atoms with E-state index in [9.17, 15) is 14.7 Å². The zero-order valence-corrected chi connectivity index (χ0v) is 14.0. The summed E-state index contributed by atoms with van der Waals surface area (Å²) in [5.41, 5.74) is 0.837. The summed E-state index contributed by atoms with van der Waals surface area (Å²) in [5, 5.41) is 13.8. The molecule has 8 nitrogen and oxygen atoms in total. The molecule has 0 spiro atoms. The van der Waals surface area contributed by atoms with Gasteiger partial charge in [0, 0.05) is 32.3 Å². The molecule has 24 heavy (non-hydrogen) atoms. The highest BCUT2D eigenvalue weighted by molar-refractivity contribution is 6.29. The largest absolute Gasteiger partial charge is 0.478 e. The molecule has 0 bridgehead atoms. The van der Waals surface area contributed by atoms with E-state index in [4.69, 9.17) is 16.3 Å². The topological polar surface area (TPSA) is 97.0 Å². The van der Waals surface area contributed by atoms with Crippen LogP contribution in [0.2, 0.25) is 5.15 Å². The van der Waals surface area contributed by atoms with E-state index < -0.39 is 12.1 Å². The number of ether oxygens (including phenoxy) is 1. The summed E-state index contributed by atoms with van der Waals surface area (Å²) in [5.74, 6) is -1.11. The SMILES string of the molecule is CC(=O)N1CCC(O[C@@H](C)c2c(C(=O)O)cnc3cc(Cl)nn23)C1. The number of amides is 1. The molecule has 1 aliphatic rings. The summed E-state index contributed by atoms with van der Waals surface area (Å²) < 4.78 is 7.39. The molecule has 3 heterocycles. The first-order valence-corrected chi connectivity index (χ1v) is 7.93. The Hall–Kier alpha value is -2.19. The van der Waals surface area contributed by atoms with Gasteiger partial charge in [0.25, 0.3) is 0 Å². The van der Waals surface area contributed by atoms with Crippen molar-refractivity contribution in [2.75, 3.05) is 13.1 Å². The number of hydrogen-bond donors (Lipinski definition) is 1. The molecule has 1 amide bonds. The molecule has 2 aromatic heterocycles. The number of likely N-dealkylation sites (tertiary alicyclic amines) is 1. The van der Waals surface area contributed by atoms with Gasteiger partial charge in [-0.3, -0.25) is 4.79 Å². The van der Waals surface area contributed by atoms with Gasteiger partial charge in [-0.15, -0.1) is 0 Å². The summed E-state index contributed by atoms with van der Waals surface area (Å²) in [7, 11) is 0. The van der Waals surface area contributed by atoms with Gasteiger partial charge in [0.2, 0.25) is 5.91 Å². The molecular formula is C15H17ClN4O4. The van der Waals surface area contributed by atoms with Crippen LogP contribution in [0.15, 0.2) is 12.3 Å². The smallest absolute Gasteiger partial charge is 0.339 e. The predicted molar refractivity (Wildman–Crippen MR) is 85.1 cm³/mol. The van der Waals surface area contributed by atoms with E-state index >= 15 is 0 Å². The van der Waals surface area contributed by atoms with E-state index in [1.807, 2.05) is 0 Å². The molecule has 128 valence electrons. The first kappa shape index (κ1) is 16.7. The Bertz CT molecular complexity index is 806. The maximum atomic E-state index is 11.5. The summed E-state index contributed by atoms with van der Waals surface area (Å²) in [4.78, 5) is 28.7. The number of carbonyl (C=O) groups is 2. The van der Waals surface area contributed by atoms with Crippen molar-refractivity contribution in [1.82, 2.24) is 19.5 Å². The lowest BCUT2D eigenvalue weighted by Crippen LogP contribution is -2.28. The number of halogens is 1. The Kier molecular flexibility index (Phi) is 4.42. The maximum absolute atomic E-state index is 11.5. The molecule has 3 rings (SSSR count). The van der Waals surface area contributed by atoms with Crippen LogP contribution in [0.1, 0.15) is 42.4 Å². The minimum atomic E-state index is -1.11. The summed E-state index contributed by atoms with van der Waals surface area (Å²) in [6.45, 7) is 4.41. The number of aromatic nitrogens is 3. The molecule has 0 saturated carbocycles. The quantitative estimate of drug-likeness (QED) is 0.900. The van der Waals surface area contributed by atoms with Crippen molar-refractivity contribution >= 4 is 29.1 Å². The third-order valence-electron chi connectivity index (χ3n) is 4.09. The molecule has 1 fully saturated rings. The van der Waals surface area contributed by atoms with Gasteiger partial charge < -0.3 is 14.7 Å². The van der Waals surface area contributed by atoms with E-state index in [-0.39, 0.29) is 22.7 Å². The molecule has 0 radical (unpaired) electrons. The Balaban J connectivity index is 1.91. The highest BCUT2D eigenvalue weighted by atomic mass is 35.5. The zero-order valence-electron chi connectivity index (χ0n) is 13.3. The van der Waals surface area contributed by atoms with Gasteiger partial charge in [-0.1, -0.05) is 11.6 Å². The molecule has 0 aromatic carbocycles. The summed E-state index contributed by atoms with van der Waals surface area (Å²) in [6.07, 6.45) is 1.29. The molecule has 2 aromatic rings. The van der Waals surface area contributed by atoms with Crippen LogP contribution in [0.25, 0.3) is 5.65 Å². The molecule has 2 atom stereocenters. The van der Waals surface area contributed by atoms with Crippen LogP contribution in [0.5, 0.6) is 0 Å². The van der Waals surface area contributed by atoms with Crippen molar-refractivity contribution in [2.45, 2.75) is 32.5 Å². The third kappa shape index (κ3) is 3.07. The minimum Gasteiger partial charge on any atom is -0.478 e. The molecule has 9 heteroatoms. The van der Waals surface area contributed by atoms with E-state index in [1.165, 1.54) is 17.6 Å². The monoisotopic (exact) mass is 352 g/mol. The second-order valence-corrected chi connectivity index (χ2v) is 6.14. The first-order valence-electron chi connectivity index (χ1n) is 7.55. The van der Waals surface area contributed by atoms with Crippen LogP contribution in [0.4, 0.5) is 0 Å². The van der Waals surface area contributed by atoms with E-state index in [1.54, 1.807) is 17.9 Å². The first-order chi connectivity index (χ1) is 11.4. The Morgan fingerprint density at radius 2 is 2.25 bits per heavy atom. The van der Waals surface area contributed by atoms with Crippen molar-refractivity contribution in [3.8, 4) is 0 Å². The van der Waals surface area contributed by atoms with Crippen LogP contribution >= 0.6 is 11.6 Å². The number of rotatable bonds is 4. The number of nitrogens with zero attached hydrogens (tertiary/aromatic N) is 4. The molecule has 1 unspecified atom stereocenters. The van der Waals surface area contributed by atoms with Gasteiger partial charge in [-0.05, 0) is 13.3 Å². The lowest BCUT2D eigenvalue weighted by atomic mass is 10.1. The van der Waals surface area contributed by atoms with Gasteiger partial charge in [-0.2, -0.15) is 5.10 Å². The highest BCUT2D eigenvalue weighted by Gasteiger charge is 2.29. The van der Waals surface area contributed by atoms with Crippen molar-refractivity contribution in [3.63, 3.8) is 0 Å². The normalized spacial score (nSPS) is 19.0. The van der Waals surface area contributed by atoms with Crippen LogP contribution in [-0.2, 0) is 9.53 Å². The fourth-order valence-electron chi connectivity index (χ4n) is 2.96. The molecule has 0 aliphatic carbocycles. The van der Waals surface area contributed by atoms with Crippen molar-refractivity contribution < 1.29 is 19.4 Å². The number of fused-ring (bicyclic) bond motifs is 1. The van der Waals surface area contributed by atoms with Crippen LogP contribution < -0.4 is 0 Å². The molecular weight excluding hydrogens is 336 g/mol. The Labute approximate surface area is 143 Å². The van der Waals surface area contributed by atoms with Gasteiger partial charge in [0.05, 0.1) is 17.9 Å². The lowest BCUT2D eigenvalue weighted by Gasteiger charge is -2.21. The van der Waals surface area contributed by atoms with E-state index in [0.29, 0.717) is 30.9 Å². The average molecular weight is 353 g/mol. The van der Waals surface area contributed by atoms with Crippen LogP contribution in [-0.4, -0.2) is 55.7 Å². The maximum Gasteiger partial charge on any atom is 0.339 e. The number of carboxylic acids is 1.